The Morgan fingerprint density at radius 3 is 3.05 bits per heavy atom. The highest BCUT2D eigenvalue weighted by Gasteiger charge is 2.10. The van der Waals surface area contributed by atoms with Gasteiger partial charge in [-0.3, -0.25) is 4.79 Å². The highest BCUT2D eigenvalue weighted by atomic mass is 16.5. The van der Waals surface area contributed by atoms with Crippen molar-refractivity contribution in [3.63, 3.8) is 0 Å². The Labute approximate surface area is 118 Å². The number of carbonyl (C=O) groups excluding carboxylic acids is 1. The van der Waals surface area contributed by atoms with Crippen LogP contribution in [0.3, 0.4) is 0 Å². The molecule has 1 unspecified atom stereocenters. The van der Waals surface area contributed by atoms with Crippen molar-refractivity contribution >= 4 is 12.1 Å². The van der Waals surface area contributed by atoms with Gasteiger partial charge in [0.25, 0.3) is 5.91 Å². The van der Waals surface area contributed by atoms with Crippen molar-refractivity contribution in [2.24, 2.45) is 11.0 Å². The zero-order valence-electron chi connectivity index (χ0n) is 11.4. The molecule has 0 aromatic heterocycles. The van der Waals surface area contributed by atoms with E-state index in [0.717, 1.165) is 19.3 Å². The number of amides is 1. The molecule has 0 saturated heterocycles. The fourth-order valence-corrected chi connectivity index (χ4v) is 2.04. The minimum Gasteiger partial charge on any atom is -0.504 e. The lowest BCUT2D eigenvalue weighted by molar-refractivity contribution is 0.0954. The number of ether oxygens (including phenoxy) is 1. The molecule has 2 rings (SSSR count). The van der Waals surface area contributed by atoms with E-state index in [-0.39, 0.29) is 17.4 Å². The maximum absolute atomic E-state index is 11.9. The zero-order valence-corrected chi connectivity index (χ0v) is 11.4. The molecule has 0 aliphatic heterocycles. The first-order valence-corrected chi connectivity index (χ1v) is 6.56. The summed E-state index contributed by atoms with van der Waals surface area (Å²) in [6, 6.07) is 4.42. The number of phenolic OH excluding ortho intramolecular Hbond substituents is 1. The number of nitrogens with zero attached hydrogens (tertiary/aromatic N) is 1. The molecule has 0 spiro atoms. The van der Waals surface area contributed by atoms with E-state index in [1.54, 1.807) is 6.21 Å². The second kappa shape index (κ2) is 6.75. The van der Waals surface area contributed by atoms with Crippen molar-refractivity contribution in [1.82, 2.24) is 5.43 Å². The number of rotatable bonds is 4. The van der Waals surface area contributed by atoms with Gasteiger partial charge < -0.3 is 9.84 Å². The maximum atomic E-state index is 11.9. The van der Waals surface area contributed by atoms with E-state index in [0.29, 0.717) is 11.5 Å². The molecule has 1 atom stereocenters. The minimum atomic E-state index is -0.328. The topological polar surface area (TPSA) is 70.9 Å². The molecule has 1 aromatic rings. The summed E-state index contributed by atoms with van der Waals surface area (Å²) in [5.74, 6) is 0.321. The van der Waals surface area contributed by atoms with Crippen molar-refractivity contribution in [2.75, 3.05) is 7.11 Å². The van der Waals surface area contributed by atoms with Gasteiger partial charge in [-0.2, -0.15) is 5.10 Å². The maximum Gasteiger partial charge on any atom is 0.271 e. The van der Waals surface area contributed by atoms with E-state index in [9.17, 15) is 9.90 Å². The number of phenols is 1. The van der Waals surface area contributed by atoms with E-state index in [2.05, 4.69) is 22.7 Å². The summed E-state index contributed by atoms with van der Waals surface area (Å²) < 4.78 is 4.96. The van der Waals surface area contributed by atoms with Crippen LogP contribution < -0.4 is 10.2 Å². The van der Waals surface area contributed by atoms with Crippen LogP contribution in [0.2, 0.25) is 0 Å². The molecule has 0 heterocycles. The Kier molecular flexibility index (Phi) is 4.76. The van der Waals surface area contributed by atoms with Gasteiger partial charge in [-0.05, 0) is 43.4 Å². The molecule has 0 saturated carbocycles. The first-order valence-electron chi connectivity index (χ1n) is 6.56. The van der Waals surface area contributed by atoms with Crippen LogP contribution in [0.4, 0.5) is 0 Å². The lowest BCUT2D eigenvalue weighted by atomic mass is 9.96. The summed E-state index contributed by atoms with van der Waals surface area (Å²) in [4.78, 5) is 11.9. The van der Waals surface area contributed by atoms with Crippen LogP contribution >= 0.6 is 0 Å². The van der Waals surface area contributed by atoms with Crippen molar-refractivity contribution in [3.8, 4) is 11.5 Å². The van der Waals surface area contributed by atoms with E-state index < -0.39 is 0 Å². The summed E-state index contributed by atoms with van der Waals surface area (Å²) >= 11 is 0. The van der Waals surface area contributed by atoms with Crippen molar-refractivity contribution in [1.29, 1.82) is 0 Å². The predicted molar refractivity (Wildman–Crippen MR) is 77.1 cm³/mol. The molecule has 0 fully saturated rings. The Hall–Kier alpha value is -2.30. The van der Waals surface area contributed by atoms with Crippen molar-refractivity contribution in [3.05, 3.63) is 35.9 Å². The van der Waals surface area contributed by atoms with E-state index in [4.69, 9.17) is 4.74 Å². The third kappa shape index (κ3) is 3.60. The molecule has 1 aliphatic carbocycles. The third-order valence-electron chi connectivity index (χ3n) is 3.20. The van der Waals surface area contributed by atoms with Gasteiger partial charge in [0.2, 0.25) is 0 Å². The number of nitrogens with one attached hydrogen (secondary N) is 1. The fraction of sp³-hybridized carbons (Fsp3) is 0.333. The second-order valence-corrected chi connectivity index (χ2v) is 4.65. The van der Waals surface area contributed by atoms with Crippen LogP contribution in [-0.4, -0.2) is 24.3 Å². The number of hydrazone groups is 1. The molecular formula is C15H18N2O3. The Morgan fingerprint density at radius 1 is 1.50 bits per heavy atom. The smallest absolute Gasteiger partial charge is 0.271 e. The molecule has 106 valence electrons. The van der Waals surface area contributed by atoms with Gasteiger partial charge in [0.1, 0.15) is 0 Å². The third-order valence-corrected chi connectivity index (χ3v) is 3.20. The molecule has 2 N–H and O–H groups in total. The Morgan fingerprint density at radius 2 is 2.35 bits per heavy atom. The Bertz CT molecular complexity index is 538. The molecule has 5 heteroatoms. The fourth-order valence-electron chi connectivity index (χ4n) is 2.04. The van der Waals surface area contributed by atoms with Crippen LogP contribution in [0.1, 0.15) is 29.6 Å². The number of hydrogen-bond donors (Lipinski definition) is 2. The van der Waals surface area contributed by atoms with Crippen molar-refractivity contribution in [2.45, 2.75) is 19.3 Å². The minimum absolute atomic E-state index is 0.00143. The first-order chi connectivity index (χ1) is 9.70. The van der Waals surface area contributed by atoms with Gasteiger partial charge in [0, 0.05) is 11.8 Å². The molecule has 1 aromatic carbocycles. The van der Waals surface area contributed by atoms with Gasteiger partial charge >= 0.3 is 0 Å². The van der Waals surface area contributed by atoms with Gasteiger partial charge in [-0.25, -0.2) is 5.43 Å². The summed E-state index contributed by atoms with van der Waals surface area (Å²) in [6.45, 7) is 0. The van der Waals surface area contributed by atoms with Gasteiger partial charge in [0.15, 0.2) is 11.5 Å². The number of hydrogen-bond acceptors (Lipinski definition) is 4. The Balaban J connectivity index is 1.94. The lowest BCUT2D eigenvalue weighted by Crippen LogP contribution is -2.18. The average molecular weight is 274 g/mol. The number of carbonyl (C=O) groups is 1. The number of allylic oxidation sites excluding steroid dienone is 2. The lowest BCUT2D eigenvalue weighted by Gasteiger charge is -2.11. The van der Waals surface area contributed by atoms with E-state index >= 15 is 0 Å². The van der Waals surface area contributed by atoms with Crippen LogP contribution in [-0.2, 0) is 0 Å². The molecule has 1 amide bonds. The van der Waals surface area contributed by atoms with Gasteiger partial charge in [0.05, 0.1) is 7.11 Å². The van der Waals surface area contributed by atoms with Gasteiger partial charge in [-0.15, -0.1) is 0 Å². The SMILES string of the molecule is COc1cc(C(=O)N/N=C/C2CC=CCC2)ccc1O. The summed E-state index contributed by atoms with van der Waals surface area (Å²) in [7, 11) is 1.44. The predicted octanol–water partition coefficient (Wildman–Crippen LogP) is 2.47. The highest BCUT2D eigenvalue weighted by molar-refractivity contribution is 5.95. The monoisotopic (exact) mass is 274 g/mol. The number of benzene rings is 1. The average Bonchev–Trinajstić information content (AvgIpc) is 2.48. The zero-order chi connectivity index (χ0) is 14.4. The van der Waals surface area contributed by atoms with Crippen molar-refractivity contribution < 1.29 is 14.6 Å². The molecule has 0 bridgehead atoms. The second-order valence-electron chi connectivity index (χ2n) is 4.65. The van der Waals surface area contributed by atoms with E-state index in [1.165, 1.54) is 25.3 Å². The largest absolute Gasteiger partial charge is 0.504 e. The highest BCUT2D eigenvalue weighted by Crippen LogP contribution is 2.26. The quantitative estimate of drug-likeness (QED) is 0.503. The van der Waals surface area contributed by atoms with Crippen LogP contribution in [0, 0.1) is 5.92 Å². The summed E-state index contributed by atoms with van der Waals surface area (Å²) in [5.41, 5.74) is 2.88. The van der Waals surface area contributed by atoms with Crippen LogP contribution in [0.25, 0.3) is 0 Å². The molecule has 0 radical (unpaired) electrons. The van der Waals surface area contributed by atoms with Crippen LogP contribution in [0.5, 0.6) is 11.5 Å². The summed E-state index contributed by atoms with van der Waals surface area (Å²) in [6.07, 6.45) is 9.15. The van der Waals surface area contributed by atoms with E-state index in [1.807, 2.05) is 0 Å². The molecule has 1 aliphatic rings. The van der Waals surface area contributed by atoms with Gasteiger partial charge in [-0.1, -0.05) is 12.2 Å². The standard InChI is InChI=1S/C15H18N2O3/c1-20-14-9-12(7-8-13(14)18)15(19)17-16-10-11-5-3-2-4-6-11/h2-3,7-11,18H,4-6H2,1H3,(H,17,19)/b16-10+. The summed E-state index contributed by atoms with van der Waals surface area (Å²) in [5, 5.41) is 13.5. The normalized spacial score (nSPS) is 18.1. The van der Waals surface area contributed by atoms with Crippen LogP contribution in [0.15, 0.2) is 35.5 Å². The molecular weight excluding hydrogens is 256 g/mol. The number of aromatic hydroxyl groups is 1. The number of methoxy groups -OCH3 is 1. The first kappa shape index (κ1) is 14.1. The molecule has 5 nitrogen and oxygen atoms in total. The molecule has 20 heavy (non-hydrogen) atoms.